The van der Waals surface area contributed by atoms with Crippen molar-refractivity contribution in [3.8, 4) is 0 Å². The Morgan fingerprint density at radius 1 is 1.41 bits per heavy atom. The number of imidazole rings is 1. The topological polar surface area (TPSA) is 52.7 Å². The number of aromatic nitrogens is 4. The van der Waals surface area contributed by atoms with Crippen molar-refractivity contribution in [2.75, 3.05) is 0 Å². The molecule has 0 spiro atoms. The molecule has 0 saturated heterocycles. The van der Waals surface area contributed by atoms with E-state index in [0.717, 1.165) is 0 Å². The molecule has 5 nitrogen and oxygen atoms in total. The van der Waals surface area contributed by atoms with Crippen molar-refractivity contribution in [2.24, 2.45) is 7.05 Å². The van der Waals surface area contributed by atoms with Crippen LogP contribution in [0.5, 0.6) is 0 Å². The number of halogens is 3. The first-order chi connectivity index (χ1) is 8.00. The van der Waals surface area contributed by atoms with Gasteiger partial charge in [0, 0.05) is 7.05 Å². The Kier molecular flexibility index (Phi) is 3.56. The first-order valence-electron chi connectivity index (χ1n) is 4.57. The van der Waals surface area contributed by atoms with Gasteiger partial charge in [0.15, 0.2) is 5.15 Å². The molecule has 0 saturated carbocycles. The molecule has 0 aliphatic rings. The normalized spacial score (nSPS) is 10.8. The van der Waals surface area contributed by atoms with E-state index in [9.17, 15) is 4.79 Å². The van der Waals surface area contributed by atoms with Crippen molar-refractivity contribution in [2.45, 2.75) is 6.54 Å². The zero-order valence-electron chi connectivity index (χ0n) is 8.69. The smallest absolute Gasteiger partial charge is 0.269 e. The van der Waals surface area contributed by atoms with Gasteiger partial charge in [-0.1, -0.05) is 23.2 Å². The molecule has 2 rings (SSSR count). The van der Waals surface area contributed by atoms with Gasteiger partial charge in [-0.15, -0.1) is 0 Å². The molecule has 2 heterocycles. The van der Waals surface area contributed by atoms with Crippen LogP contribution in [-0.4, -0.2) is 19.1 Å². The quantitative estimate of drug-likeness (QED) is 0.788. The van der Waals surface area contributed by atoms with Gasteiger partial charge in [-0.05, 0) is 15.9 Å². The maximum atomic E-state index is 11.8. The van der Waals surface area contributed by atoms with Gasteiger partial charge in [0.1, 0.15) is 15.5 Å². The number of nitrogens with zero attached hydrogens (tertiary/aromatic N) is 4. The highest BCUT2D eigenvalue weighted by Gasteiger charge is 2.10. The third-order valence-electron chi connectivity index (χ3n) is 2.28. The van der Waals surface area contributed by atoms with E-state index >= 15 is 0 Å². The van der Waals surface area contributed by atoms with Gasteiger partial charge in [-0.25, -0.2) is 9.97 Å². The fourth-order valence-electron chi connectivity index (χ4n) is 1.28. The standard InChI is InChI=1S/C9H7BrCl2N4O/c1-15-5(11)2-13-6(15)3-16-4-14-8(12)7(10)9(16)17/h2,4H,3H2,1H3. The monoisotopic (exact) mass is 336 g/mol. The molecule has 0 fully saturated rings. The summed E-state index contributed by atoms with van der Waals surface area (Å²) in [6.45, 7) is 0.283. The highest BCUT2D eigenvalue weighted by Crippen LogP contribution is 2.14. The molecule has 90 valence electrons. The summed E-state index contributed by atoms with van der Waals surface area (Å²) in [4.78, 5) is 19.8. The first kappa shape index (κ1) is 12.6. The maximum absolute atomic E-state index is 11.8. The number of hydrogen-bond donors (Lipinski definition) is 0. The lowest BCUT2D eigenvalue weighted by atomic mass is 10.5. The van der Waals surface area contributed by atoms with E-state index in [0.29, 0.717) is 11.0 Å². The third-order valence-corrected chi connectivity index (χ3v) is 3.86. The Bertz CT molecular complexity index is 622. The third kappa shape index (κ3) is 2.38. The molecule has 0 atom stereocenters. The van der Waals surface area contributed by atoms with Crippen LogP contribution in [0.3, 0.4) is 0 Å². The summed E-state index contributed by atoms with van der Waals surface area (Å²) >= 11 is 14.7. The van der Waals surface area contributed by atoms with Gasteiger partial charge in [0.05, 0.1) is 19.1 Å². The van der Waals surface area contributed by atoms with Crippen molar-refractivity contribution in [1.82, 2.24) is 19.1 Å². The lowest BCUT2D eigenvalue weighted by Gasteiger charge is -2.06. The molecule has 0 aliphatic heterocycles. The van der Waals surface area contributed by atoms with E-state index < -0.39 is 0 Å². The molecule has 0 aromatic carbocycles. The van der Waals surface area contributed by atoms with E-state index in [1.165, 1.54) is 17.1 Å². The Hall–Kier alpha value is -0.850. The summed E-state index contributed by atoms with van der Waals surface area (Å²) in [6, 6.07) is 0. The van der Waals surface area contributed by atoms with Gasteiger partial charge in [0.2, 0.25) is 0 Å². The average Bonchev–Trinajstić information content (AvgIpc) is 2.62. The molecule has 0 N–H and O–H groups in total. The van der Waals surface area contributed by atoms with Crippen LogP contribution in [0, 0.1) is 0 Å². The summed E-state index contributed by atoms with van der Waals surface area (Å²) in [5.74, 6) is 0.660. The molecule has 0 aliphatic carbocycles. The zero-order valence-corrected chi connectivity index (χ0v) is 11.8. The highest BCUT2D eigenvalue weighted by atomic mass is 79.9. The van der Waals surface area contributed by atoms with Crippen LogP contribution in [0.1, 0.15) is 5.82 Å². The van der Waals surface area contributed by atoms with Crippen molar-refractivity contribution < 1.29 is 0 Å². The Labute approximate surface area is 115 Å². The summed E-state index contributed by atoms with van der Waals surface area (Å²) in [7, 11) is 1.77. The number of rotatable bonds is 2. The Morgan fingerprint density at radius 2 is 2.12 bits per heavy atom. The second-order valence-electron chi connectivity index (χ2n) is 3.34. The van der Waals surface area contributed by atoms with Crippen LogP contribution < -0.4 is 5.56 Å². The molecule has 0 bridgehead atoms. The van der Waals surface area contributed by atoms with E-state index in [4.69, 9.17) is 23.2 Å². The molecular weight excluding hydrogens is 331 g/mol. The summed E-state index contributed by atoms with van der Waals surface area (Å²) < 4.78 is 3.33. The van der Waals surface area contributed by atoms with Crippen molar-refractivity contribution in [3.05, 3.63) is 43.5 Å². The molecular formula is C9H7BrCl2N4O. The van der Waals surface area contributed by atoms with Crippen LogP contribution >= 0.6 is 39.1 Å². The fourth-order valence-corrected chi connectivity index (χ4v) is 1.88. The van der Waals surface area contributed by atoms with E-state index in [1.54, 1.807) is 11.6 Å². The summed E-state index contributed by atoms with van der Waals surface area (Å²) in [6.07, 6.45) is 2.90. The predicted molar refractivity (Wildman–Crippen MR) is 68.5 cm³/mol. The molecule has 2 aromatic heterocycles. The lowest BCUT2D eigenvalue weighted by molar-refractivity contribution is 0.663. The maximum Gasteiger partial charge on any atom is 0.269 e. The SMILES string of the molecule is Cn1c(Cl)cnc1Cn1cnc(Cl)c(Br)c1=O. The summed E-state index contributed by atoms with van der Waals surface area (Å²) in [5, 5.41) is 0.651. The van der Waals surface area contributed by atoms with Gasteiger partial charge in [0.25, 0.3) is 5.56 Å². The van der Waals surface area contributed by atoms with Crippen molar-refractivity contribution in [1.29, 1.82) is 0 Å². The second-order valence-corrected chi connectivity index (χ2v) is 4.88. The summed E-state index contributed by atoms with van der Waals surface area (Å²) in [5.41, 5.74) is -0.260. The zero-order chi connectivity index (χ0) is 12.6. The fraction of sp³-hybridized carbons (Fsp3) is 0.222. The minimum Gasteiger partial charge on any atom is -0.321 e. The predicted octanol–water partition coefficient (Wildman–Crippen LogP) is 2.09. The first-order valence-corrected chi connectivity index (χ1v) is 6.12. The van der Waals surface area contributed by atoms with Crippen molar-refractivity contribution in [3.63, 3.8) is 0 Å². The molecule has 8 heteroatoms. The van der Waals surface area contributed by atoms with Crippen LogP contribution in [0.15, 0.2) is 21.8 Å². The molecule has 17 heavy (non-hydrogen) atoms. The molecule has 0 radical (unpaired) electrons. The Balaban J connectivity index is 2.41. The number of hydrogen-bond acceptors (Lipinski definition) is 3. The van der Waals surface area contributed by atoms with Gasteiger partial charge < -0.3 is 4.57 Å². The highest BCUT2D eigenvalue weighted by molar-refractivity contribution is 9.10. The minimum atomic E-state index is -0.260. The molecule has 0 amide bonds. The van der Waals surface area contributed by atoms with E-state index in [2.05, 4.69) is 25.9 Å². The lowest BCUT2D eigenvalue weighted by Crippen LogP contribution is -2.23. The van der Waals surface area contributed by atoms with Gasteiger partial charge in [-0.2, -0.15) is 0 Å². The Morgan fingerprint density at radius 3 is 2.71 bits per heavy atom. The van der Waals surface area contributed by atoms with Gasteiger partial charge in [-0.3, -0.25) is 9.36 Å². The van der Waals surface area contributed by atoms with E-state index in [1.807, 2.05) is 0 Å². The van der Waals surface area contributed by atoms with Gasteiger partial charge >= 0.3 is 0 Å². The van der Waals surface area contributed by atoms with Crippen LogP contribution in [-0.2, 0) is 13.6 Å². The molecule has 0 unspecified atom stereocenters. The van der Waals surface area contributed by atoms with Crippen LogP contribution in [0.25, 0.3) is 0 Å². The van der Waals surface area contributed by atoms with Crippen molar-refractivity contribution >= 4 is 39.1 Å². The van der Waals surface area contributed by atoms with Crippen LogP contribution in [0.4, 0.5) is 0 Å². The van der Waals surface area contributed by atoms with Crippen LogP contribution in [0.2, 0.25) is 10.3 Å². The minimum absolute atomic E-state index is 0.143. The average molecular weight is 338 g/mol. The van der Waals surface area contributed by atoms with E-state index in [-0.39, 0.29) is 21.7 Å². The largest absolute Gasteiger partial charge is 0.321 e. The second kappa shape index (κ2) is 4.80. The molecule has 2 aromatic rings.